The molecular formula is C39H52ClN3O8S. The maximum Gasteiger partial charge on any atom is 0.343 e. The number of aryl methyl sites for hydroxylation is 1. The van der Waals surface area contributed by atoms with E-state index in [0.29, 0.717) is 62.5 Å². The summed E-state index contributed by atoms with van der Waals surface area (Å²) in [5.74, 6) is 0.285. The molecule has 52 heavy (non-hydrogen) atoms. The monoisotopic (exact) mass is 757 g/mol. The first kappa shape index (κ1) is 38.6. The molecule has 2 bridgehead atoms. The van der Waals surface area contributed by atoms with E-state index in [4.69, 9.17) is 25.8 Å². The number of hydrogen-bond donors (Lipinski definition) is 1. The SMILES string of the molecule is COC(=O)[C@@]1(O)CC(=O)N(C)CC/C=C/[C@H](OCCN2CCS(=O)(=O)CC2)[C@@H]2CC[C@H]2CN2CCCCc3cc(Cl)ccc3COc3ccc1cc32. The Morgan fingerprint density at radius 1 is 1.06 bits per heavy atom. The summed E-state index contributed by atoms with van der Waals surface area (Å²) >= 11 is 6.38. The molecule has 3 heterocycles. The molecule has 4 aliphatic rings. The molecule has 0 unspecified atom stereocenters. The first-order valence-corrected chi connectivity index (χ1v) is 20.7. The fourth-order valence-electron chi connectivity index (χ4n) is 7.78. The lowest BCUT2D eigenvalue weighted by Crippen LogP contribution is -2.46. The van der Waals surface area contributed by atoms with Crippen molar-refractivity contribution in [2.45, 2.75) is 63.3 Å². The van der Waals surface area contributed by atoms with Gasteiger partial charge in [-0.15, -0.1) is 0 Å². The highest BCUT2D eigenvalue weighted by Crippen LogP contribution is 2.43. The third kappa shape index (κ3) is 9.13. The Kier molecular flexibility index (Phi) is 12.5. The van der Waals surface area contributed by atoms with Crippen LogP contribution in [0.5, 0.6) is 5.75 Å². The average Bonchev–Trinajstić information content (AvgIpc) is 3.14. The number of sulfone groups is 1. The van der Waals surface area contributed by atoms with Gasteiger partial charge in [0.2, 0.25) is 5.91 Å². The number of halogens is 1. The Hall–Kier alpha value is -3.16. The molecule has 2 aromatic carbocycles. The number of carbonyl (C=O) groups is 2. The van der Waals surface area contributed by atoms with Crippen molar-refractivity contribution in [3.63, 3.8) is 0 Å². The number of ether oxygens (including phenoxy) is 3. The second-order valence-corrected chi connectivity index (χ2v) is 17.4. The number of nitrogens with zero attached hydrogens (tertiary/aromatic N) is 3. The number of aliphatic hydroxyl groups is 1. The van der Waals surface area contributed by atoms with Crippen molar-refractivity contribution >= 4 is 39.0 Å². The second-order valence-electron chi connectivity index (χ2n) is 14.7. The maximum absolute atomic E-state index is 13.5. The van der Waals surface area contributed by atoms with Crippen molar-refractivity contribution in [1.82, 2.24) is 9.80 Å². The smallest absolute Gasteiger partial charge is 0.343 e. The van der Waals surface area contributed by atoms with Gasteiger partial charge >= 0.3 is 5.97 Å². The van der Waals surface area contributed by atoms with E-state index in [1.165, 1.54) is 12.0 Å². The van der Waals surface area contributed by atoms with Crippen molar-refractivity contribution in [2.75, 3.05) is 76.4 Å². The molecule has 0 aromatic heterocycles. The van der Waals surface area contributed by atoms with Crippen LogP contribution >= 0.6 is 11.6 Å². The first-order valence-electron chi connectivity index (χ1n) is 18.5. The molecule has 284 valence electrons. The second kappa shape index (κ2) is 16.9. The van der Waals surface area contributed by atoms with Crippen molar-refractivity contribution in [3.8, 4) is 5.75 Å². The van der Waals surface area contributed by atoms with E-state index < -0.39 is 27.8 Å². The fourth-order valence-corrected chi connectivity index (χ4v) is 9.26. The first-order chi connectivity index (χ1) is 25.0. The van der Waals surface area contributed by atoms with Crippen LogP contribution in [-0.2, 0) is 47.5 Å². The number of carbonyl (C=O) groups excluding carboxylic acids is 2. The van der Waals surface area contributed by atoms with E-state index in [2.05, 4.69) is 22.0 Å². The third-order valence-electron chi connectivity index (χ3n) is 11.3. The Bertz CT molecular complexity index is 1720. The van der Waals surface area contributed by atoms with E-state index in [0.717, 1.165) is 62.0 Å². The summed E-state index contributed by atoms with van der Waals surface area (Å²) in [5, 5.41) is 12.7. The van der Waals surface area contributed by atoms with Gasteiger partial charge in [0.15, 0.2) is 15.4 Å². The summed E-state index contributed by atoms with van der Waals surface area (Å²) in [6, 6.07) is 11.1. The lowest BCUT2D eigenvalue weighted by atomic mass is 9.70. The molecule has 2 aromatic rings. The van der Waals surface area contributed by atoms with Gasteiger partial charge in [-0.1, -0.05) is 35.9 Å². The van der Waals surface area contributed by atoms with Crippen LogP contribution in [0.4, 0.5) is 5.69 Å². The standard InChI is InChI=1S/C39H52ClN3O8S/c1-41-15-5-4-8-35(50-20-17-42-18-21-52(47,48)22-19-42)33-13-10-29(33)26-43-16-6-3-7-28-23-32(40)12-9-30(28)27-51-36-14-11-31(24-34(36)43)39(46,25-37(41)44)38(45)49-2/h4,8-9,11-12,14,23-24,29,33,35,46H,3,5-7,10,13,15-22,25-27H2,1-2H3/b8-4+/t29-,33+,35-,39+/m0/s1. The van der Waals surface area contributed by atoms with Gasteiger partial charge in [-0.2, -0.15) is 0 Å². The molecule has 1 aliphatic carbocycles. The molecule has 4 atom stereocenters. The number of anilines is 1. The number of hydrogen-bond acceptors (Lipinski definition) is 10. The minimum Gasteiger partial charge on any atom is -0.487 e. The predicted molar refractivity (Wildman–Crippen MR) is 200 cm³/mol. The average molecular weight is 758 g/mol. The van der Waals surface area contributed by atoms with Gasteiger partial charge in [0.1, 0.15) is 12.4 Å². The maximum atomic E-state index is 13.5. The Balaban J connectivity index is 1.32. The molecule has 0 radical (unpaired) electrons. The van der Waals surface area contributed by atoms with Crippen LogP contribution in [0.2, 0.25) is 5.02 Å². The largest absolute Gasteiger partial charge is 0.487 e. The van der Waals surface area contributed by atoms with Gasteiger partial charge in [0.25, 0.3) is 0 Å². The third-order valence-corrected chi connectivity index (χ3v) is 13.1. The van der Waals surface area contributed by atoms with Crippen LogP contribution in [0.3, 0.4) is 0 Å². The number of benzene rings is 2. The highest BCUT2D eigenvalue weighted by Gasteiger charge is 2.44. The topological polar surface area (TPSA) is 126 Å². The zero-order valence-corrected chi connectivity index (χ0v) is 31.9. The molecular weight excluding hydrogens is 706 g/mol. The summed E-state index contributed by atoms with van der Waals surface area (Å²) in [7, 11) is -0.0653. The molecule has 3 aliphatic heterocycles. The highest BCUT2D eigenvalue weighted by molar-refractivity contribution is 7.91. The number of methoxy groups -OCH3 is 1. The quantitative estimate of drug-likeness (QED) is 0.347. The predicted octanol–water partition coefficient (Wildman–Crippen LogP) is 4.37. The Morgan fingerprint density at radius 3 is 2.62 bits per heavy atom. The lowest BCUT2D eigenvalue weighted by molar-refractivity contribution is -0.168. The fraction of sp³-hybridized carbons (Fsp3) is 0.590. The highest BCUT2D eigenvalue weighted by atomic mass is 35.5. The van der Waals surface area contributed by atoms with Gasteiger partial charge in [-0.25, -0.2) is 13.2 Å². The number of fused-ring (bicyclic) bond motifs is 3. The van der Waals surface area contributed by atoms with Gasteiger partial charge in [-0.05, 0) is 91.3 Å². The van der Waals surface area contributed by atoms with E-state index >= 15 is 0 Å². The molecule has 13 heteroatoms. The molecule has 1 saturated carbocycles. The zero-order chi connectivity index (χ0) is 36.9. The zero-order valence-electron chi connectivity index (χ0n) is 30.3. The van der Waals surface area contributed by atoms with Crippen LogP contribution in [0, 0.1) is 11.8 Å². The van der Waals surface area contributed by atoms with Gasteiger partial charge in [0, 0.05) is 51.3 Å². The molecule has 0 spiro atoms. The van der Waals surface area contributed by atoms with Crippen molar-refractivity contribution in [1.29, 1.82) is 0 Å². The summed E-state index contributed by atoms with van der Waals surface area (Å²) in [4.78, 5) is 32.8. The molecule has 1 N–H and O–H groups in total. The minimum absolute atomic E-state index is 0.129. The van der Waals surface area contributed by atoms with Gasteiger partial charge in [-0.3, -0.25) is 9.69 Å². The Morgan fingerprint density at radius 2 is 1.87 bits per heavy atom. The summed E-state index contributed by atoms with van der Waals surface area (Å²) in [6.07, 6.45) is 8.89. The van der Waals surface area contributed by atoms with E-state index in [-0.39, 0.29) is 35.0 Å². The lowest BCUT2D eigenvalue weighted by Gasteiger charge is -2.44. The van der Waals surface area contributed by atoms with E-state index in [1.54, 1.807) is 25.2 Å². The normalized spacial score (nSPS) is 27.9. The van der Waals surface area contributed by atoms with Gasteiger partial charge < -0.3 is 29.1 Å². The van der Waals surface area contributed by atoms with Gasteiger partial charge in [0.05, 0.1) is 43.4 Å². The van der Waals surface area contributed by atoms with E-state index in [9.17, 15) is 23.1 Å². The van der Waals surface area contributed by atoms with Crippen LogP contribution in [0.15, 0.2) is 48.6 Å². The summed E-state index contributed by atoms with van der Waals surface area (Å²) in [5.41, 5.74) is 1.05. The molecule has 2 fully saturated rings. The Labute approximate surface area is 312 Å². The summed E-state index contributed by atoms with van der Waals surface area (Å²) in [6.45, 7) is 4.39. The van der Waals surface area contributed by atoms with Crippen molar-refractivity contribution in [3.05, 3.63) is 70.3 Å². The van der Waals surface area contributed by atoms with Crippen LogP contribution in [0.1, 0.15) is 55.2 Å². The molecule has 11 nitrogen and oxygen atoms in total. The van der Waals surface area contributed by atoms with Crippen molar-refractivity contribution in [2.24, 2.45) is 11.8 Å². The van der Waals surface area contributed by atoms with Crippen LogP contribution in [0.25, 0.3) is 0 Å². The minimum atomic E-state index is -2.95. The molecule has 1 amide bonds. The number of amides is 1. The molecule has 1 saturated heterocycles. The van der Waals surface area contributed by atoms with E-state index in [1.807, 2.05) is 18.2 Å². The number of esters is 1. The summed E-state index contributed by atoms with van der Waals surface area (Å²) < 4.78 is 42.1. The van der Waals surface area contributed by atoms with Crippen molar-refractivity contribution < 1.29 is 37.3 Å². The molecule has 6 rings (SSSR count). The number of rotatable bonds is 5. The van der Waals surface area contributed by atoms with Crippen LogP contribution in [-0.4, -0.2) is 113 Å². The van der Waals surface area contributed by atoms with Crippen LogP contribution < -0.4 is 9.64 Å².